The molecule has 0 saturated heterocycles. The molecule has 2 aliphatic rings. The largest absolute Gasteiger partial charge is 0.309 e. The van der Waals surface area contributed by atoms with Crippen molar-refractivity contribution >= 4 is 60.7 Å². The van der Waals surface area contributed by atoms with Crippen LogP contribution in [0, 0.1) is 0 Å². The Hall–Kier alpha value is -7.62. The Labute approximate surface area is 335 Å². The van der Waals surface area contributed by atoms with E-state index in [1.165, 1.54) is 82.7 Å². The molecule has 58 heavy (non-hydrogen) atoms. The SMILES string of the molecule is c1ccc(N(c2ccc3c(c2)c2ccccc2n3-c2ccccc2)c2cccc3c2-n2c4ccccc4c4cccc(c42)C32c3ccccc3-c3ccccc32)cc1. The molecule has 0 amide bonds. The molecule has 9 aromatic carbocycles. The van der Waals surface area contributed by atoms with Crippen molar-refractivity contribution in [3.63, 3.8) is 0 Å². The first-order valence-corrected chi connectivity index (χ1v) is 20.1. The zero-order valence-electron chi connectivity index (χ0n) is 31.5. The number of hydrogen-bond acceptors (Lipinski definition) is 1. The molecule has 1 aliphatic carbocycles. The normalized spacial score (nSPS) is 13.3. The van der Waals surface area contributed by atoms with Gasteiger partial charge in [0.15, 0.2) is 0 Å². The molecule has 0 radical (unpaired) electrons. The second kappa shape index (κ2) is 11.7. The van der Waals surface area contributed by atoms with Crippen molar-refractivity contribution in [2.75, 3.05) is 4.90 Å². The number of rotatable bonds is 4. The lowest BCUT2D eigenvalue weighted by Gasteiger charge is -2.41. The molecule has 11 aromatic rings. The molecule has 0 saturated carbocycles. The van der Waals surface area contributed by atoms with Gasteiger partial charge in [-0.15, -0.1) is 0 Å². The summed E-state index contributed by atoms with van der Waals surface area (Å²) in [6.07, 6.45) is 0. The molecule has 3 nitrogen and oxygen atoms in total. The summed E-state index contributed by atoms with van der Waals surface area (Å²) in [4.78, 5) is 2.49. The van der Waals surface area contributed by atoms with Gasteiger partial charge in [-0.1, -0.05) is 152 Å². The fourth-order valence-electron chi connectivity index (χ4n) is 10.7. The molecular weight excluding hydrogens is 703 g/mol. The van der Waals surface area contributed by atoms with Crippen molar-refractivity contribution in [1.29, 1.82) is 0 Å². The van der Waals surface area contributed by atoms with Crippen molar-refractivity contribution < 1.29 is 0 Å². The van der Waals surface area contributed by atoms with Crippen LogP contribution in [0.3, 0.4) is 0 Å². The van der Waals surface area contributed by atoms with Crippen LogP contribution in [0.4, 0.5) is 17.1 Å². The summed E-state index contributed by atoms with van der Waals surface area (Å²) < 4.78 is 4.97. The van der Waals surface area contributed by atoms with E-state index in [9.17, 15) is 0 Å². The minimum absolute atomic E-state index is 0.530. The van der Waals surface area contributed by atoms with E-state index >= 15 is 0 Å². The van der Waals surface area contributed by atoms with Crippen molar-refractivity contribution in [3.05, 3.63) is 235 Å². The summed E-state index contributed by atoms with van der Waals surface area (Å²) in [7, 11) is 0. The number of anilines is 3. The smallest absolute Gasteiger partial charge is 0.0755 e. The van der Waals surface area contributed by atoms with E-state index < -0.39 is 5.41 Å². The second-order valence-corrected chi connectivity index (χ2v) is 15.6. The van der Waals surface area contributed by atoms with Crippen LogP contribution in [0.5, 0.6) is 0 Å². The first-order valence-electron chi connectivity index (χ1n) is 20.1. The first-order chi connectivity index (χ1) is 28.8. The van der Waals surface area contributed by atoms with E-state index in [2.05, 4.69) is 226 Å². The first kappa shape index (κ1) is 31.6. The highest BCUT2D eigenvalue weighted by molar-refractivity contribution is 6.14. The molecule has 3 heterocycles. The molecule has 3 heteroatoms. The van der Waals surface area contributed by atoms with Gasteiger partial charge in [-0.25, -0.2) is 0 Å². The summed E-state index contributed by atoms with van der Waals surface area (Å²) in [5, 5.41) is 4.99. The second-order valence-electron chi connectivity index (χ2n) is 15.6. The minimum atomic E-state index is -0.530. The summed E-state index contributed by atoms with van der Waals surface area (Å²) in [6, 6.07) is 78.6. The third-order valence-corrected chi connectivity index (χ3v) is 12.9. The van der Waals surface area contributed by atoms with Crippen molar-refractivity contribution in [2.24, 2.45) is 0 Å². The number of aromatic nitrogens is 2. The van der Waals surface area contributed by atoms with E-state index in [0.29, 0.717) is 0 Å². The lowest BCUT2D eigenvalue weighted by Crippen LogP contribution is -2.34. The number of benzene rings is 9. The van der Waals surface area contributed by atoms with Gasteiger partial charge in [0.25, 0.3) is 0 Å². The molecular formula is C55H35N3. The van der Waals surface area contributed by atoms with Crippen molar-refractivity contribution in [2.45, 2.75) is 5.41 Å². The van der Waals surface area contributed by atoms with E-state index in [1.807, 2.05) is 0 Å². The quantitative estimate of drug-likeness (QED) is 0.175. The monoisotopic (exact) mass is 737 g/mol. The Morgan fingerprint density at radius 3 is 1.62 bits per heavy atom. The fraction of sp³-hybridized carbons (Fsp3) is 0.0182. The molecule has 0 fully saturated rings. The Morgan fingerprint density at radius 1 is 0.345 bits per heavy atom. The van der Waals surface area contributed by atoms with Gasteiger partial charge in [-0.3, -0.25) is 0 Å². The Morgan fingerprint density at radius 2 is 0.879 bits per heavy atom. The van der Waals surface area contributed by atoms with E-state index in [0.717, 1.165) is 22.7 Å². The molecule has 270 valence electrons. The van der Waals surface area contributed by atoms with Gasteiger partial charge < -0.3 is 14.0 Å². The lowest BCUT2D eigenvalue weighted by atomic mass is 9.65. The van der Waals surface area contributed by atoms with E-state index in [4.69, 9.17) is 0 Å². The van der Waals surface area contributed by atoms with E-state index in [1.54, 1.807) is 0 Å². The maximum Gasteiger partial charge on any atom is 0.0755 e. The van der Waals surface area contributed by atoms with Crippen LogP contribution < -0.4 is 4.90 Å². The van der Waals surface area contributed by atoms with Crippen LogP contribution in [0.2, 0.25) is 0 Å². The number of fused-ring (bicyclic) bond motifs is 15. The summed E-state index contributed by atoms with van der Waals surface area (Å²) in [5.41, 5.74) is 17.9. The average molecular weight is 738 g/mol. The predicted octanol–water partition coefficient (Wildman–Crippen LogP) is 14.0. The van der Waals surface area contributed by atoms with Crippen LogP contribution >= 0.6 is 0 Å². The van der Waals surface area contributed by atoms with Crippen molar-refractivity contribution in [3.8, 4) is 22.5 Å². The maximum absolute atomic E-state index is 2.58. The number of nitrogens with zero attached hydrogens (tertiary/aromatic N) is 3. The zero-order chi connectivity index (χ0) is 38.0. The summed E-state index contributed by atoms with van der Waals surface area (Å²) in [5.74, 6) is 0. The number of hydrogen-bond donors (Lipinski definition) is 0. The maximum atomic E-state index is 2.58. The topological polar surface area (TPSA) is 13.1 Å². The van der Waals surface area contributed by atoms with Gasteiger partial charge in [-0.05, 0) is 94.0 Å². The molecule has 0 unspecified atom stereocenters. The van der Waals surface area contributed by atoms with Crippen LogP contribution in [0.25, 0.3) is 66.1 Å². The zero-order valence-corrected chi connectivity index (χ0v) is 31.5. The fourth-order valence-corrected chi connectivity index (χ4v) is 10.7. The molecule has 0 bridgehead atoms. The third kappa shape index (κ3) is 3.97. The summed E-state index contributed by atoms with van der Waals surface area (Å²) in [6.45, 7) is 0. The highest BCUT2D eigenvalue weighted by Crippen LogP contribution is 2.62. The highest BCUT2D eigenvalue weighted by Gasteiger charge is 2.51. The van der Waals surface area contributed by atoms with Gasteiger partial charge in [0, 0.05) is 38.6 Å². The Kier molecular flexibility index (Phi) is 6.37. The minimum Gasteiger partial charge on any atom is -0.309 e. The summed E-state index contributed by atoms with van der Waals surface area (Å²) >= 11 is 0. The van der Waals surface area contributed by atoms with E-state index in [-0.39, 0.29) is 0 Å². The van der Waals surface area contributed by atoms with Crippen LogP contribution in [-0.4, -0.2) is 9.13 Å². The molecule has 13 rings (SSSR count). The number of para-hydroxylation sites is 6. The molecule has 2 aromatic heterocycles. The van der Waals surface area contributed by atoms with Crippen molar-refractivity contribution in [1.82, 2.24) is 9.13 Å². The molecule has 1 spiro atoms. The highest BCUT2D eigenvalue weighted by atomic mass is 15.2. The lowest BCUT2D eigenvalue weighted by molar-refractivity contribution is 0.748. The van der Waals surface area contributed by atoms with Crippen LogP contribution in [-0.2, 0) is 5.41 Å². The molecule has 0 atom stereocenters. The van der Waals surface area contributed by atoms with Gasteiger partial charge >= 0.3 is 0 Å². The standard InChI is InChI=1S/C55H35N3/c1-3-17-36(18-4-1)56(38-33-34-51-44(35-38)42-24-10-13-30-49(42)57(51)37-19-5-2-6-20-37)52-32-16-29-48-54(52)58-50-31-14-9-23-41(50)43-25-15-28-47(53(43)58)55(48)45-26-11-7-21-39(45)40-22-8-12-27-46(40)55/h1-35H. The van der Waals surface area contributed by atoms with Crippen LogP contribution in [0.1, 0.15) is 22.3 Å². The molecule has 1 aliphatic heterocycles. The van der Waals surface area contributed by atoms with Gasteiger partial charge in [0.2, 0.25) is 0 Å². The Bertz CT molecular complexity index is 3420. The Balaban J connectivity index is 1.18. The van der Waals surface area contributed by atoms with Gasteiger partial charge in [0.1, 0.15) is 0 Å². The average Bonchev–Trinajstić information content (AvgIpc) is 3.91. The third-order valence-electron chi connectivity index (χ3n) is 12.9. The van der Waals surface area contributed by atoms with Crippen LogP contribution in [0.15, 0.2) is 212 Å². The molecule has 0 N–H and O–H groups in total. The predicted molar refractivity (Wildman–Crippen MR) is 241 cm³/mol. The van der Waals surface area contributed by atoms with Gasteiger partial charge in [0.05, 0.1) is 38.9 Å². The van der Waals surface area contributed by atoms with Gasteiger partial charge in [-0.2, -0.15) is 0 Å².